The van der Waals surface area contributed by atoms with Crippen LogP contribution in [0.2, 0.25) is 0 Å². The molecule has 0 saturated carbocycles. The molecule has 3 rings (SSSR count). The third kappa shape index (κ3) is 4.42. The minimum atomic E-state index is -0.121. The molecule has 5 heteroatoms. The van der Waals surface area contributed by atoms with Gasteiger partial charge in [0.25, 0.3) is 5.91 Å². The number of hydrogen-bond acceptors (Lipinski definition) is 4. The van der Waals surface area contributed by atoms with Gasteiger partial charge < -0.3 is 10.2 Å². The summed E-state index contributed by atoms with van der Waals surface area (Å²) in [5.41, 5.74) is 2.56. The Bertz CT molecular complexity index is 741. The molecule has 1 aromatic heterocycles. The number of thioether (sulfide) groups is 1. The molecule has 1 aliphatic heterocycles. The molecule has 1 fully saturated rings. The molecule has 2 aromatic rings. The van der Waals surface area contributed by atoms with Crippen LogP contribution in [0.3, 0.4) is 0 Å². The zero-order chi connectivity index (χ0) is 17.5. The lowest BCUT2D eigenvalue weighted by Gasteiger charge is -2.30. The Morgan fingerprint density at radius 3 is 2.80 bits per heavy atom. The summed E-state index contributed by atoms with van der Waals surface area (Å²) in [5, 5.41) is 3.81. The van der Waals surface area contributed by atoms with Crippen LogP contribution < -0.4 is 10.2 Å². The lowest BCUT2D eigenvalue weighted by molar-refractivity contribution is 0.102. The fourth-order valence-electron chi connectivity index (χ4n) is 3.00. The van der Waals surface area contributed by atoms with Crippen molar-refractivity contribution < 1.29 is 4.79 Å². The van der Waals surface area contributed by atoms with Gasteiger partial charge >= 0.3 is 0 Å². The number of rotatable bonds is 6. The molecular formula is C20H23N3OS. The van der Waals surface area contributed by atoms with Crippen molar-refractivity contribution in [2.75, 3.05) is 29.1 Å². The second-order valence-electron chi connectivity index (χ2n) is 5.97. The number of para-hydroxylation sites is 2. The fraction of sp³-hybridized carbons (Fsp3) is 0.300. The van der Waals surface area contributed by atoms with E-state index in [0.717, 1.165) is 35.2 Å². The van der Waals surface area contributed by atoms with Crippen molar-refractivity contribution in [3.8, 4) is 0 Å². The molecule has 1 aromatic carbocycles. The zero-order valence-electron chi connectivity index (χ0n) is 14.3. The summed E-state index contributed by atoms with van der Waals surface area (Å²) in [4.78, 5) is 19.5. The molecule has 0 aliphatic carbocycles. The van der Waals surface area contributed by atoms with Crippen molar-refractivity contribution in [1.29, 1.82) is 0 Å². The third-order valence-electron chi connectivity index (χ3n) is 4.20. The lowest BCUT2D eigenvalue weighted by Crippen LogP contribution is -2.30. The number of carbonyl (C=O) groups excluding carboxylic acids is 1. The molecule has 1 N–H and O–H groups in total. The molecule has 25 heavy (non-hydrogen) atoms. The fourth-order valence-corrected chi connectivity index (χ4v) is 3.72. The predicted octanol–water partition coefficient (Wildman–Crippen LogP) is 4.60. The van der Waals surface area contributed by atoms with Gasteiger partial charge in [0.1, 0.15) is 5.03 Å². The van der Waals surface area contributed by atoms with Crippen LogP contribution in [0.4, 0.5) is 11.4 Å². The number of piperidine rings is 1. The van der Waals surface area contributed by atoms with E-state index in [1.165, 1.54) is 31.0 Å². The first-order valence-corrected chi connectivity index (χ1v) is 9.62. The van der Waals surface area contributed by atoms with Gasteiger partial charge in [0.05, 0.1) is 16.9 Å². The van der Waals surface area contributed by atoms with E-state index < -0.39 is 0 Å². The van der Waals surface area contributed by atoms with E-state index >= 15 is 0 Å². The Labute approximate surface area is 153 Å². The smallest absolute Gasteiger partial charge is 0.258 e. The Hall–Kier alpha value is -2.27. The van der Waals surface area contributed by atoms with Crippen LogP contribution in [0.25, 0.3) is 0 Å². The molecule has 0 radical (unpaired) electrons. The number of amides is 1. The molecule has 1 amide bonds. The average molecular weight is 353 g/mol. The number of pyridine rings is 1. The SMILES string of the molecule is C=CCSc1ncccc1C(=O)Nc1ccccc1N1CCCCC1. The summed E-state index contributed by atoms with van der Waals surface area (Å²) < 4.78 is 0. The van der Waals surface area contributed by atoms with E-state index in [2.05, 4.69) is 27.8 Å². The Kier molecular flexibility index (Phi) is 6.12. The van der Waals surface area contributed by atoms with Gasteiger partial charge in [-0.3, -0.25) is 4.79 Å². The van der Waals surface area contributed by atoms with Crippen molar-refractivity contribution in [2.24, 2.45) is 0 Å². The topological polar surface area (TPSA) is 45.2 Å². The van der Waals surface area contributed by atoms with Gasteiger partial charge in [0.2, 0.25) is 0 Å². The molecular weight excluding hydrogens is 330 g/mol. The first-order valence-electron chi connectivity index (χ1n) is 8.63. The highest BCUT2D eigenvalue weighted by Gasteiger charge is 2.17. The van der Waals surface area contributed by atoms with Crippen LogP contribution in [0.1, 0.15) is 29.6 Å². The van der Waals surface area contributed by atoms with E-state index in [1.54, 1.807) is 12.3 Å². The molecule has 4 nitrogen and oxygen atoms in total. The number of nitrogens with zero attached hydrogens (tertiary/aromatic N) is 2. The standard InChI is InChI=1S/C20H23N3OS/c1-2-15-25-20-16(9-8-12-21-20)19(24)22-17-10-4-5-11-18(17)23-13-6-3-7-14-23/h2,4-5,8-12H,1,3,6-7,13-15H2,(H,22,24). The van der Waals surface area contributed by atoms with Gasteiger partial charge in [-0.05, 0) is 43.5 Å². The summed E-state index contributed by atoms with van der Waals surface area (Å²) in [6, 6.07) is 11.6. The van der Waals surface area contributed by atoms with Crippen LogP contribution >= 0.6 is 11.8 Å². The summed E-state index contributed by atoms with van der Waals surface area (Å²) >= 11 is 1.52. The van der Waals surface area contributed by atoms with E-state index in [0.29, 0.717) is 5.56 Å². The number of aromatic nitrogens is 1. The van der Waals surface area contributed by atoms with Crippen molar-refractivity contribution in [3.63, 3.8) is 0 Å². The number of hydrogen-bond donors (Lipinski definition) is 1. The van der Waals surface area contributed by atoms with E-state index in [-0.39, 0.29) is 5.91 Å². The molecule has 1 saturated heterocycles. The molecule has 2 heterocycles. The molecule has 0 unspecified atom stereocenters. The highest BCUT2D eigenvalue weighted by molar-refractivity contribution is 7.99. The Morgan fingerprint density at radius 2 is 2.00 bits per heavy atom. The monoisotopic (exact) mass is 353 g/mol. The summed E-state index contributed by atoms with van der Waals surface area (Å²) in [6.07, 6.45) is 7.21. The summed E-state index contributed by atoms with van der Waals surface area (Å²) in [5.74, 6) is 0.603. The minimum Gasteiger partial charge on any atom is -0.370 e. The van der Waals surface area contributed by atoms with Crippen molar-refractivity contribution in [2.45, 2.75) is 24.3 Å². The van der Waals surface area contributed by atoms with Gasteiger partial charge in [-0.25, -0.2) is 4.98 Å². The molecule has 0 spiro atoms. The van der Waals surface area contributed by atoms with Gasteiger partial charge in [-0.2, -0.15) is 0 Å². The highest BCUT2D eigenvalue weighted by atomic mass is 32.2. The maximum Gasteiger partial charge on any atom is 0.258 e. The normalized spacial score (nSPS) is 14.2. The maximum atomic E-state index is 12.8. The van der Waals surface area contributed by atoms with E-state index in [4.69, 9.17) is 0 Å². The highest BCUT2D eigenvalue weighted by Crippen LogP contribution is 2.29. The first-order chi connectivity index (χ1) is 12.3. The zero-order valence-corrected chi connectivity index (χ0v) is 15.1. The third-order valence-corrected chi connectivity index (χ3v) is 5.20. The summed E-state index contributed by atoms with van der Waals surface area (Å²) in [7, 11) is 0. The first kappa shape index (κ1) is 17.5. The van der Waals surface area contributed by atoms with Crippen LogP contribution in [0.5, 0.6) is 0 Å². The quantitative estimate of drug-likeness (QED) is 0.609. The van der Waals surface area contributed by atoms with Crippen LogP contribution in [0, 0.1) is 0 Å². The molecule has 130 valence electrons. The number of benzene rings is 1. The Morgan fingerprint density at radius 1 is 1.20 bits per heavy atom. The number of nitrogens with one attached hydrogen (secondary N) is 1. The summed E-state index contributed by atoms with van der Waals surface area (Å²) in [6.45, 7) is 5.81. The van der Waals surface area contributed by atoms with Crippen LogP contribution in [-0.2, 0) is 0 Å². The lowest BCUT2D eigenvalue weighted by atomic mass is 10.1. The van der Waals surface area contributed by atoms with Gasteiger partial charge in [0.15, 0.2) is 0 Å². The maximum absolute atomic E-state index is 12.8. The van der Waals surface area contributed by atoms with Crippen molar-refractivity contribution >= 4 is 29.0 Å². The Balaban J connectivity index is 1.81. The second-order valence-corrected chi connectivity index (χ2v) is 6.98. The van der Waals surface area contributed by atoms with Gasteiger partial charge in [-0.1, -0.05) is 18.2 Å². The average Bonchev–Trinajstić information content (AvgIpc) is 2.67. The van der Waals surface area contributed by atoms with Gasteiger partial charge in [-0.15, -0.1) is 18.3 Å². The predicted molar refractivity (Wildman–Crippen MR) is 106 cm³/mol. The van der Waals surface area contributed by atoms with E-state index in [9.17, 15) is 4.79 Å². The second kappa shape index (κ2) is 8.72. The minimum absolute atomic E-state index is 0.121. The molecule has 0 bridgehead atoms. The molecule has 1 aliphatic rings. The van der Waals surface area contributed by atoms with E-state index in [1.807, 2.05) is 30.3 Å². The van der Waals surface area contributed by atoms with Crippen molar-refractivity contribution in [3.05, 3.63) is 60.8 Å². The largest absolute Gasteiger partial charge is 0.370 e. The van der Waals surface area contributed by atoms with Gasteiger partial charge in [0, 0.05) is 25.0 Å². The number of carbonyl (C=O) groups is 1. The number of anilines is 2. The van der Waals surface area contributed by atoms with Crippen LogP contribution in [0.15, 0.2) is 60.3 Å². The van der Waals surface area contributed by atoms with Crippen LogP contribution in [-0.4, -0.2) is 29.7 Å². The van der Waals surface area contributed by atoms with Crippen molar-refractivity contribution in [1.82, 2.24) is 4.98 Å². The molecule has 0 atom stereocenters.